The molecule has 1 N–H and O–H groups in total. The standard InChI is InChI=1S/C19H36O4Si/c1-15-17(23-19(5,6)22-15)13-9-11-16(20)12-10-14-21-24(7,8)18(2,3)4/h15-17,20H,10-12,14H2,1-8H3/t15-,16-,17-/m1/s1. The molecule has 140 valence electrons. The van der Waals surface area contributed by atoms with Crippen LogP contribution in [-0.2, 0) is 13.9 Å². The Balaban J connectivity index is 2.27. The molecule has 0 aliphatic carbocycles. The van der Waals surface area contributed by atoms with E-state index >= 15 is 0 Å². The van der Waals surface area contributed by atoms with Crippen LogP contribution in [0.2, 0.25) is 18.1 Å². The number of aliphatic hydroxyl groups excluding tert-OH is 1. The first-order chi connectivity index (χ1) is 10.8. The molecule has 1 aliphatic rings. The van der Waals surface area contributed by atoms with E-state index in [4.69, 9.17) is 13.9 Å². The van der Waals surface area contributed by atoms with Crippen LogP contribution in [0.5, 0.6) is 0 Å². The molecule has 1 aliphatic heterocycles. The van der Waals surface area contributed by atoms with Gasteiger partial charge in [0.25, 0.3) is 0 Å². The molecule has 0 radical (unpaired) electrons. The second-order valence-corrected chi connectivity index (χ2v) is 13.5. The molecule has 0 aromatic rings. The highest BCUT2D eigenvalue weighted by atomic mass is 28.4. The zero-order valence-corrected chi connectivity index (χ0v) is 17.7. The van der Waals surface area contributed by atoms with Crippen LogP contribution < -0.4 is 0 Å². The molecule has 5 heteroatoms. The molecule has 0 unspecified atom stereocenters. The van der Waals surface area contributed by atoms with Gasteiger partial charge < -0.3 is 19.0 Å². The van der Waals surface area contributed by atoms with E-state index in [9.17, 15) is 5.11 Å². The second-order valence-electron chi connectivity index (χ2n) is 8.69. The van der Waals surface area contributed by atoms with Crippen molar-refractivity contribution in [2.24, 2.45) is 0 Å². The SMILES string of the molecule is C[C@H]1OC(C)(C)O[C@@H]1C#CC[C@@H](O)CCCO[Si](C)(C)C(C)(C)C. The van der Waals surface area contributed by atoms with Crippen LogP contribution in [0.1, 0.15) is 60.8 Å². The Hall–Kier alpha value is -0.383. The Morgan fingerprint density at radius 1 is 1.25 bits per heavy atom. The van der Waals surface area contributed by atoms with Gasteiger partial charge >= 0.3 is 0 Å². The summed E-state index contributed by atoms with van der Waals surface area (Å²) in [6, 6.07) is 0. The van der Waals surface area contributed by atoms with E-state index in [1.165, 1.54) is 0 Å². The van der Waals surface area contributed by atoms with Crippen molar-refractivity contribution in [1.82, 2.24) is 0 Å². The summed E-state index contributed by atoms with van der Waals surface area (Å²) in [5, 5.41) is 10.3. The predicted molar refractivity (Wildman–Crippen MR) is 100 cm³/mol. The first kappa shape index (κ1) is 21.7. The van der Waals surface area contributed by atoms with Crippen molar-refractivity contribution >= 4 is 8.32 Å². The molecule has 0 amide bonds. The Bertz CT molecular complexity index is 456. The van der Waals surface area contributed by atoms with Gasteiger partial charge in [-0.2, -0.15) is 0 Å². The van der Waals surface area contributed by atoms with Crippen LogP contribution in [0.4, 0.5) is 0 Å². The Morgan fingerprint density at radius 2 is 1.88 bits per heavy atom. The zero-order valence-electron chi connectivity index (χ0n) is 16.7. The number of hydrogen-bond acceptors (Lipinski definition) is 4. The lowest BCUT2D eigenvalue weighted by Crippen LogP contribution is -2.41. The first-order valence-corrected chi connectivity index (χ1v) is 11.9. The third kappa shape index (κ3) is 6.85. The maximum Gasteiger partial charge on any atom is 0.191 e. The molecule has 0 saturated carbocycles. The highest BCUT2D eigenvalue weighted by Crippen LogP contribution is 2.36. The monoisotopic (exact) mass is 356 g/mol. The van der Waals surface area contributed by atoms with Gasteiger partial charge in [-0.15, -0.1) is 0 Å². The molecule has 1 rings (SSSR count). The second kappa shape index (κ2) is 8.33. The van der Waals surface area contributed by atoms with Gasteiger partial charge in [0.15, 0.2) is 14.1 Å². The predicted octanol–water partition coefficient (Wildman–Crippen LogP) is 4.08. The highest BCUT2D eigenvalue weighted by Gasteiger charge is 2.38. The number of rotatable bonds is 6. The molecule has 1 heterocycles. The van der Waals surface area contributed by atoms with Crippen molar-refractivity contribution in [3.63, 3.8) is 0 Å². The van der Waals surface area contributed by atoms with Gasteiger partial charge in [0.05, 0.1) is 12.2 Å². The minimum atomic E-state index is -1.68. The molecule has 0 spiro atoms. The summed E-state index contributed by atoms with van der Waals surface area (Å²) in [5.41, 5.74) is 0. The number of aliphatic hydroxyl groups is 1. The van der Waals surface area contributed by atoms with E-state index < -0.39 is 20.2 Å². The van der Waals surface area contributed by atoms with Crippen molar-refractivity contribution in [2.75, 3.05) is 6.61 Å². The Labute approximate surface area is 149 Å². The Kier molecular flexibility index (Phi) is 7.52. The van der Waals surface area contributed by atoms with Crippen molar-refractivity contribution in [1.29, 1.82) is 0 Å². The van der Waals surface area contributed by atoms with Crippen LogP contribution in [-0.4, -0.2) is 44.1 Å². The molecular formula is C19H36O4Si. The van der Waals surface area contributed by atoms with Crippen LogP contribution >= 0.6 is 0 Å². The summed E-state index contributed by atoms with van der Waals surface area (Å²) in [5.74, 6) is 5.54. The molecule has 0 aromatic heterocycles. The van der Waals surface area contributed by atoms with E-state index in [0.717, 1.165) is 6.42 Å². The lowest BCUT2D eigenvalue weighted by atomic mass is 10.1. The minimum absolute atomic E-state index is 0.0392. The smallest absolute Gasteiger partial charge is 0.191 e. The van der Waals surface area contributed by atoms with E-state index in [-0.39, 0.29) is 17.2 Å². The minimum Gasteiger partial charge on any atom is -0.417 e. The van der Waals surface area contributed by atoms with E-state index in [1.807, 2.05) is 20.8 Å². The fourth-order valence-electron chi connectivity index (χ4n) is 2.33. The largest absolute Gasteiger partial charge is 0.417 e. The maximum atomic E-state index is 10.1. The van der Waals surface area contributed by atoms with Gasteiger partial charge in [0, 0.05) is 13.0 Å². The molecule has 1 saturated heterocycles. The molecule has 0 aromatic carbocycles. The Morgan fingerprint density at radius 3 is 2.38 bits per heavy atom. The van der Waals surface area contributed by atoms with Gasteiger partial charge in [-0.3, -0.25) is 0 Å². The third-order valence-electron chi connectivity index (χ3n) is 4.84. The van der Waals surface area contributed by atoms with Crippen LogP contribution in [0.25, 0.3) is 0 Å². The van der Waals surface area contributed by atoms with Crippen molar-refractivity contribution in [3.05, 3.63) is 0 Å². The first-order valence-electron chi connectivity index (χ1n) is 9.00. The molecule has 0 bridgehead atoms. The summed E-state index contributed by atoms with van der Waals surface area (Å²) in [7, 11) is -1.68. The molecule has 4 nitrogen and oxygen atoms in total. The van der Waals surface area contributed by atoms with E-state index in [2.05, 4.69) is 45.7 Å². The zero-order chi connectivity index (χ0) is 18.6. The van der Waals surface area contributed by atoms with Crippen LogP contribution in [0.3, 0.4) is 0 Å². The summed E-state index contributed by atoms with van der Waals surface area (Å²) >= 11 is 0. The summed E-state index contributed by atoms with van der Waals surface area (Å²) in [6.07, 6.45) is 1.38. The van der Waals surface area contributed by atoms with E-state index in [0.29, 0.717) is 19.4 Å². The van der Waals surface area contributed by atoms with Crippen molar-refractivity contribution < 1.29 is 19.0 Å². The van der Waals surface area contributed by atoms with Gasteiger partial charge in [-0.25, -0.2) is 0 Å². The fraction of sp³-hybridized carbons (Fsp3) is 0.895. The molecule has 3 atom stereocenters. The number of ether oxygens (including phenoxy) is 2. The normalized spacial score (nSPS) is 25.2. The van der Waals surface area contributed by atoms with Gasteiger partial charge in [0.2, 0.25) is 0 Å². The average Bonchev–Trinajstić information content (AvgIpc) is 2.66. The lowest BCUT2D eigenvalue weighted by molar-refractivity contribution is -0.140. The van der Waals surface area contributed by atoms with Gasteiger partial charge in [-0.05, 0) is 51.7 Å². The van der Waals surface area contributed by atoms with Gasteiger partial charge in [0.1, 0.15) is 6.10 Å². The average molecular weight is 357 g/mol. The molecule has 24 heavy (non-hydrogen) atoms. The molecule has 1 fully saturated rings. The van der Waals surface area contributed by atoms with Crippen molar-refractivity contribution in [2.45, 2.75) is 103 Å². The third-order valence-corrected chi connectivity index (χ3v) is 9.38. The maximum absolute atomic E-state index is 10.1. The van der Waals surface area contributed by atoms with E-state index in [1.54, 1.807) is 0 Å². The fourth-order valence-corrected chi connectivity index (χ4v) is 3.42. The van der Waals surface area contributed by atoms with Crippen LogP contribution in [0.15, 0.2) is 0 Å². The summed E-state index contributed by atoms with van der Waals surface area (Å²) < 4.78 is 17.5. The quantitative estimate of drug-likeness (QED) is 0.442. The highest BCUT2D eigenvalue weighted by molar-refractivity contribution is 6.74. The van der Waals surface area contributed by atoms with Crippen molar-refractivity contribution in [3.8, 4) is 11.8 Å². The summed E-state index contributed by atoms with van der Waals surface area (Å²) in [4.78, 5) is 0. The summed E-state index contributed by atoms with van der Waals surface area (Å²) in [6.45, 7) is 17.7. The number of hydrogen-bond donors (Lipinski definition) is 1. The topological polar surface area (TPSA) is 47.9 Å². The van der Waals surface area contributed by atoms with Gasteiger partial charge in [-0.1, -0.05) is 32.6 Å². The lowest BCUT2D eigenvalue weighted by Gasteiger charge is -2.36. The molecular weight excluding hydrogens is 320 g/mol. The van der Waals surface area contributed by atoms with Crippen LogP contribution in [0, 0.1) is 11.8 Å².